The Morgan fingerprint density at radius 3 is 2.57 bits per heavy atom. The minimum absolute atomic E-state index is 0.0409. The minimum atomic E-state index is -3.64. The summed E-state index contributed by atoms with van der Waals surface area (Å²) in [5.74, 6) is 0.847. The molecule has 126 valence electrons. The maximum atomic E-state index is 13.0. The van der Waals surface area contributed by atoms with E-state index in [2.05, 4.69) is 0 Å². The lowest BCUT2D eigenvalue weighted by Crippen LogP contribution is -2.48. The average Bonchev–Trinajstić information content (AvgIpc) is 3.18. The number of rotatable bonds is 3. The van der Waals surface area contributed by atoms with E-state index in [-0.39, 0.29) is 5.91 Å². The average molecular weight is 354 g/mol. The molecule has 0 bridgehead atoms. The standard InChI is InChI=1S/C16H22N2O3S2/c1-12-5-6-15(13(2)9-12)23(20,21)18-11-22-10-14(18)16(19)17-7-3-4-8-17/h5-6,9,14H,3-4,7-8,10-11H2,1-2H3. The molecule has 3 rings (SSSR count). The van der Waals surface area contributed by atoms with Gasteiger partial charge in [-0.25, -0.2) is 8.42 Å². The molecule has 0 spiro atoms. The summed E-state index contributed by atoms with van der Waals surface area (Å²) < 4.78 is 27.5. The molecule has 1 amide bonds. The molecule has 2 saturated heterocycles. The summed E-state index contributed by atoms with van der Waals surface area (Å²) in [5.41, 5.74) is 1.76. The van der Waals surface area contributed by atoms with Crippen LogP contribution in [0.2, 0.25) is 0 Å². The number of likely N-dealkylation sites (tertiary alicyclic amines) is 1. The Morgan fingerprint density at radius 1 is 1.22 bits per heavy atom. The summed E-state index contributed by atoms with van der Waals surface area (Å²) in [4.78, 5) is 14.8. The third kappa shape index (κ3) is 3.14. The smallest absolute Gasteiger partial charge is 0.244 e. The third-order valence-electron chi connectivity index (χ3n) is 4.46. The maximum Gasteiger partial charge on any atom is 0.244 e. The van der Waals surface area contributed by atoms with Gasteiger partial charge in [0.2, 0.25) is 15.9 Å². The molecule has 2 fully saturated rings. The van der Waals surface area contributed by atoms with Gasteiger partial charge in [0.1, 0.15) is 6.04 Å². The van der Waals surface area contributed by atoms with Crippen LogP contribution in [0.3, 0.4) is 0 Å². The number of carbonyl (C=O) groups is 1. The molecule has 2 aliphatic rings. The lowest BCUT2D eigenvalue weighted by molar-refractivity contribution is -0.133. The number of sulfonamides is 1. The van der Waals surface area contributed by atoms with Crippen molar-refractivity contribution in [2.45, 2.75) is 37.6 Å². The van der Waals surface area contributed by atoms with Crippen molar-refractivity contribution in [3.05, 3.63) is 29.3 Å². The van der Waals surface area contributed by atoms with Crippen LogP contribution in [0.4, 0.5) is 0 Å². The Bertz CT molecular complexity index is 712. The number of hydrogen-bond donors (Lipinski definition) is 0. The third-order valence-corrected chi connectivity index (χ3v) is 7.65. The highest BCUT2D eigenvalue weighted by atomic mass is 32.2. The van der Waals surface area contributed by atoms with Gasteiger partial charge >= 0.3 is 0 Å². The van der Waals surface area contributed by atoms with Gasteiger partial charge in [-0.05, 0) is 38.3 Å². The van der Waals surface area contributed by atoms with Gasteiger partial charge in [0.15, 0.2) is 0 Å². The van der Waals surface area contributed by atoms with Gasteiger partial charge in [0, 0.05) is 18.8 Å². The Kier molecular flexibility index (Phi) is 4.71. The van der Waals surface area contributed by atoms with Crippen molar-refractivity contribution in [1.82, 2.24) is 9.21 Å². The van der Waals surface area contributed by atoms with Gasteiger partial charge < -0.3 is 4.90 Å². The number of aryl methyl sites for hydroxylation is 2. The van der Waals surface area contributed by atoms with Crippen LogP contribution in [-0.2, 0) is 14.8 Å². The molecule has 1 atom stereocenters. The fourth-order valence-electron chi connectivity index (χ4n) is 3.22. The molecule has 5 nitrogen and oxygen atoms in total. The monoisotopic (exact) mass is 354 g/mol. The number of carbonyl (C=O) groups excluding carboxylic acids is 1. The lowest BCUT2D eigenvalue weighted by atomic mass is 10.2. The number of nitrogens with zero attached hydrogens (tertiary/aromatic N) is 2. The Morgan fingerprint density at radius 2 is 1.91 bits per heavy atom. The summed E-state index contributed by atoms with van der Waals surface area (Å²) >= 11 is 1.51. The molecule has 2 aliphatic heterocycles. The molecule has 1 aromatic carbocycles. The first-order valence-electron chi connectivity index (χ1n) is 7.87. The highest BCUT2D eigenvalue weighted by molar-refractivity contribution is 8.00. The molecule has 7 heteroatoms. The molecule has 23 heavy (non-hydrogen) atoms. The van der Waals surface area contributed by atoms with Crippen molar-refractivity contribution in [2.75, 3.05) is 24.7 Å². The van der Waals surface area contributed by atoms with Crippen LogP contribution >= 0.6 is 11.8 Å². The Balaban J connectivity index is 1.90. The van der Waals surface area contributed by atoms with Crippen LogP contribution in [-0.4, -0.2) is 54.3 Å². The Hall–Kier alpha value is -1.05. The van der Waals surface area contributed by atoms with Gasteiger partial charge in [0.25, 0.3) is 0 Å². The van der Waals surface area contributed by atoms with E-state index in [1.807, 2.05) is 13.0 Å². The number of amides is 1. The Labute approximate surface area is 142 Å². The summed E-state index contributed by atoms with van der Waals surface area (Å²) in [5, 5.41) is 0. The predicted molar refractivity (Wildman–Crippen MR) is 91.9 cm³/mol. The van der Waals surface area contributed by atoms with Crippen LogP contribution in [0.25, 0.3) is 0 Å². The number of thioether (sulfide) groups is 1. The molecule has 0 radical (unpaired) electrons. The maximum absolute atomic E-state index is 13.0. The van der Waals surface area contributed by atoms with Crippen LogP contribution in [0.5, 0.6) is 0 Å². The van der Waals surface area contributed by atoms with Crippen molar-refractivity contribution < 1.29 is 13.2 Å². The first-order valence-corrected chi connectivity index (χ1v) is 10.5. The van der Waals surface area contributed by atoms with Gasteiger partial charge in [-0.3, -0.25) is 4.79 Å². The molecular formula is C16H22N2O3S2. The lowest BCUT2D eigenvalue weighted by Gasteiger charge is -2.27. The molecule has 2 heterocycles. The quantitative estimate of drug-likeness (QED) is 0.833. The second-order valence-electron chi connectivity index (χ2n) is 6.21. The normalized spacial score (nSPS) is 22.7. The van der Waals surface area contributed by atoms with Crippen LogP contribution in [0, 0.1) is 13.8 Å². The predicted octanol–water partition coefficient (Wildman–Crippen LogP) is 1.99. The molecule has 0 aliphatic carbocycles. The van der Waals surface area contributed by atoms with E-state index in [0.717, 1.165) is 37.1 Å². The van der Waals surface area contributed by atoms with Crippen molar-refractivity contribution in [2.24, 2.45) is 0 Å². The highest BCUT2D eigenvalue weighted by Gasteiger charge is 2.42. The summed E-state index contributed by atoms with van der Waals surface area (Å²) in [6.07, 6.45) is 2.02. The first kappa shape index (κ1) is 16.8. The van der Waals surface area contributed by atoms with E-state index in [1.165, 1.54) is 16.1 Å². The van der Waals surface area contributed by atoms with E-state index >= 15 is 0 Å². The second-order valence-corrected chi connectivity index (χ2v) is 9.07. The van der Waals surface area contributed by atoms with E-state index < -0.39 is 16.1 Å². The van der Waals surface area contributed by atoms with Crippen molar-refractivity contribution in [3.8, 4) is 0 Å². The SMILES string of the molecule is Cc1ccc(S(=O)(=O)N2CSCC2C(=O)N2CCCC2)c(C)c1. The molecular weight excluding hydrogens is 332 g/mol. The van der Waals surface area contributed by atoms with Crippen LogP contribution in [0.1, 0.15) is 24.0 Å². The van der Waals surface area contributed by atoms with Crippen molar-refractivity contribution >= 4 is 27.7 Å². The summed E-state index contributed by atoms with van der Waals surface area (Å²) in [6.45, 7) is 5.24. The van der Waals surface area contributed by atoms with Crippen molar-refractivity contribution in [1.29, 1.82) is 0 Å². The minimum Gasteiger partial charge on any atom is -0.341 e. The summed E-state index contributed by atoms with van der Waals surface area (Å²) in [7, 11) is -3.64. The largest absolute Gasteiger partial charge is 0.341 e. The molecule has 1 aromatic rings. The zero-order chi connectivity index (χ0) is 16.6. The van der Waals surface area contributed by atoms with Crippen LogP contribution < -0.4 is 0 Å². The van der Waals surface area contributed by atoms with E-state index in [9.17, 15) is 13.2 Å². The fourth-order valence-corrected chi connectivity index (χ4v) is 6.56. The van der Waals surface area contributed by atoms with Crippen molar-refractivity contribution in [3.63, 3.8) is 0 Å². The zero-order valence-corrected chi connectivity index (χ0v) is 15.1. The highest BCUT2D eigenvalue weighted by Crippen LogP contribution is 2.31. The van der Waals surface area contributed by atoms with E-state index in [1.54, 1.807) is 24.0 Å². The van der Waals surface area contributed by atoms with Crippen LogP contribution in [0.15, 0.2) is 23.1 Å². The van der Waals surface area contributed by atoms with Gasteiger partial charge in [-0.1, -0.05) is 17.7 Å². The van der Waals surface area contributed by atoms with E-state index in [4.69, 9.17) is 0 Å². The molecule has 0 aromatic heterocycles. The first-order chi connectivity index (χ1) is 10.9. The van der Waals surface area contributed by atoms with Gasteiger partial charge in [-0.15, -0.1) is 11.8 Å². The van der Waals surface area contributed by atoms with E-state index in [0.29, 0.717) is 16.5 Å². The number of benzene rings is 1. The topological polar surface area (TPSA) is 57.7 Å². The zero-order valence-electron chi connectivity index (χ0n) is 13.5. The second kappa shape index (κ2) is 6.45. The molecule has 0 N–H and O–H groups in total. The fraction of sp³-hybridized carbons (Fsp3) is 0.562. The molecule has 0 saturated carbocycles. The summed E-state index contributed by atoms with van der Waals surface area (Å²) in [6, 6.07) is 4.76. The number of hydrogen-bond acceptors (Lipinski definition) is 4. The molecule has 1 unspecified atom stereocenters. The van der Waals surface area contributed by atoms with Gasteiger partial charge in [-0.2, -0.15) is 4.31 Å². The van der Waals surface area contributed by atoms with Gasteiger partial charge in [0.05, 0.1) is 10.8 Å².